The maximum Gasteiger partial charge on any atom is 0.139 e. The number of hydrogen-bond acceptors (Lipinski definition) is 1. The summed E-state index contributed by atoms with van der Waals surface area (Å²) >= 11 is 9.31. The lowest BCUT2D eigenvalue weighted by Gasteiger charge is -2.07. The lowest BCUT2D eigenvalue weighted by molar-refractivity contribution is 0.312. The highest BCUT2D eigenvalue weighted by molar-refractivity contribution is 9.10. The molecule has 1 aromatic rings. The fraction of sp³-hybridized carbons (Fsp3) is 0.273. The van der Waals surface area contributed by atoms with Crippen molar-refractivity contribution in [2.75, 3.05) is 6.61 Å². The van der Waals surface area contributed by atoms with E-state index < -0.39 is 0 Å². The first kappa shape index (κ1) is 11.6. The Balaban J connectivity index is 2.49. The molecular formula is C11H12BrClO. The van der Waals surface area contributed by atoms with Gasteiger partial charge in [0.1, 0.15) is 5.75 Å². The standard InChI is InChI=1S/C11H12BrClO/c1-2-3-4-7-14-11-8-9(12)5-6-10(11)13/h2,5-6,8H,1,3-4,7H2. The van der Waals surface area contributed by atoms with Crippen molar-refractivity contribution in [3.8, 4) is 5.75 Å². The van der Waals surface area contributed by atoms with E-state index in [4.69, 9.17) is 16.3 Å². The Kier molecular flexibility index (Phi) is 5.05. The zero-order chi connectivity index (χ0) is 10.4. The minimum absolute atomic E-state index is 0.645. The fourth-order valence-electron chi connectivity index (χ4n) is 0.998. The molecule has 0 saturated heterocycles. The second-order valence-corrected chi connectivity index (χ2v) is 4.18. The van der Waals surface area contributed by atoms with E-state index in [1.807, 2.05) is 24.3 Å². The lowest BCUT2D eigenvalue weighted by atomic mass is 10.3. The smallest absolute Gasteiger partial charge is 0.139 e. The third-order valence-electron chi connectivity index (χ3n) is 1.70. The molecule has 0 radical (unpaired) electrons. The van der Waals surface area contributed by atoms with Crippen LogP contribution in [0.4, 0.5) is 0 Å². The van der Waals surface area contributed by atoms with Crippen LogP contribution in [0, 0.1) is 0 Å². The second kappa shape index (κ2) is 6.10. The molecule has 0 atom stereocenters. The van der Waals surface area contributed by atoms with Gasteiger partial charge < -0.3 is 4.74 Å². The van der Waals surface area contributed by atoms with Crippen LogP contribution in [0.25, 0.3) is 0 Å². The van der Waals surface area contributed by atoms with Crippen LogP contribution in [0.15, 0.2) is 35.3 Å². The third kappa shape index (κ3) is 3.72. The average Bonchev–Trinajstić information content (AvgIpc) is 2.18. The first-order valence-electron chi connectivity index (χ1n) is 4.43. The van der Waals surface area contributed by atoms with E-state index in [0.29, 0.717) is 11.6 Å². The van der Waals surface area contributed by atoms with Crippen LogP contribution < -0.4 is 4.74 Å². The number of hydrogen-bond donors (Lipinski definition) is 0. The highest BCUT2D eigenvalue weighted by atomic mass is 79.9. The molecule has 0 spiro atoms. The topological polar surface area (TPSA) is 9.23 Å². The van der Waals surface area contributed by atoms with Gasteiger partial charge in [-0.2, -0.15) is 0 Å². The lowest BCUT2D eigenvalue weighted by Crippen LogP contribution is -1.96. The number of benzene rings is 1. The summed E-state index contributed by atoms with van der Waals surface area (Å²) in [7, 11) is 0. The number of unbranched alkanes of at least 4 members (excludes halogenated alkanes) is 1. The number of allylic oxidation sites excluding steroid dienone is 1. The molecule has 3 heteroatoms. The quantitative estimate of drug-likeness (QED) is 0.570. The Morgan fingerprint density at radius 2 is 2.29 bits per heavy atom. The summed E-state index contributed by atoms with van der Waals surface area (Å²) in [5, 5.41) is 0.645. The summed E-state index contributed by atoms with van der Waals surface area (Å²) in [6.07, 6.45) is 3.81. The van der Waals surface area contributed by atoms with Gasteiger partial charge in [-0.1, -0.05) is 33.6 Å². The number of ether oxygens (including phenoxy) is 1. The second-order valence-electron chi connectivity index (χ2n) is 2.85. The maximum atomic E-state index is 5.94. The van der Waals surface area contributed by atoms with Crippen molar-refractivity contribution in [3.63, 3.8) is 0 Å². The van der Waals surface area contributed by atoms with E-state index in [9.17, 15) is 0 Å². The molecule has 0 N–H and O–H groups in total. The van der Waals surface area contributed by atoms with Crippen molar-refractivity contribution < 1.29 is 4.74 Å². The molecule has 0 bridgehead atoms. The van der Waals surface area contributed by atoms with Crippen molar-refractivity contribution in [2.45, 2.75) is 12.8 Å². The largest absolute Gasteiger partial charge is 0.492 e. The van der Waals surface area contributed by atoms with E-state index in [2.05, 4.69) is 22.5 Å². The molecule has 1 aromatic carbocycles. The molecule has 0 fully saturated rings. The number of halogens is 2. The molecule has 0 aliphatic carbocycles. The van der Waals surface area contributed by atoms with Crippen LogP contribution in [0.5, 0.6) is 5.75 Å². The molecule has 76 valence electrons. The molecule has 0 amide bonds. The maximum absolute atomic E-state index is 5.94. The van der Waals surface area contributed by atoms with Crippen molar-refractivity contribution >= 4 is 27.5 Å². The Morgan fingerprint density at radius 3 is 3.00 bits per heavy atom. The van der Waals surface area contributed by atoms with Crippen LogP contribution in [0.1, 0.15) is 12.8 Å². The third-order valence-corrected chi connectivity index (χ3v) is 2.51. The Bertz CT molecular complexity index is 312. The van der Waals surface area contributed by atoms with Gasteiger partial charge in [-0.3, -0.25) is 0 Å². The van der Waals surface area contributed by atoms with E-state index in [-0.39, 0.29) is 0 Å². The van der Waals surface area contributed by atoms with Crippen LogP contribution in [0.3, 0.4) is 0 Å². The normalized spacial score (nSPS) is 9.86. The predicted molar refractivity (Wildman–Crippen MR) is 64.1 cm³/mol. The van der Waals surface area contributed by atoms with E-state index >= 15 is 0 Å². The Hall–Kier alpha value is -0.470. The van der Waals surface area contributed by atoms with Crippen LogP contribution in [-0.4, -0.2) is 6.61 Å². The summed E-state index contributed by atoms with van der Waals surface area (Å²) < 4.78 is 6.48. The Labute approximate surface area is 97.9 Å². The fourth-order valence-corrected chi connectivity index (χ4v) is 1.51. The van der Waals surface area contributed by atoms with Crippen molar-refractivity contribution in [3.05, 3.63) is 40.3 Å². The van der Waals surface area contributed by atoms with Gasteiger partial charge in [-0.25, -0.2) is 0 Å². The molecular weight excluding hydrogens is 263 g/mol. The van der Waals surface area contributed by atoms with Crippen LogP contribution in [0.2, 0.25) is 5.02 Å². The molecule has 0 aromatic heterocycles. The van der Waals surface area contributed by atoms with Crippen LogP contribution >= 0.6 is 27.5 Å². The molecule has 0 heterocycles. The molecule has 14 heavy (non-hydrogen) atoms. The van der Waals surface area contributed by atoms with Gasteiger partial charge in [-0.15, -0.1) is 6.58 Å². The molecule has 0 aliphatic heterocycles. The van der Waals surface area contributed by atoms with Gasteiger partial charge in [0.15, 0.2) is 0 Å². The van der Waals surface area contributed by atoms with Gasteiger partial charge in [0.25, 0.3) is 0 Å². The summed E-state index contributed by atoms with van der Waals surface area (Å²) in [6, 6.07) is 5.57. The zero-order valence-electron chi connectivity index (χ0n) is 7.80. The highest BCUT2D eigenvalue weighted by Gasteiger charge is 2.01. The van der Waals surface area contributed by atoms with Crippen molar-refractivity contribution in [1.82, 2.24) is 0 Å². The van der Waals surface area contributed by atoms with Gasteiger partial charge in [0.2, 0.25) is 0 Å². The van der Waals surface area contributed by atoms with Gasteiger partial charge in [0, 0.05) is 4.47 Å². The Morgan fingerprint density at radius 1 is 1.50 bits per heavy atom. The summed E-state index contributed by atoms with van der Waals surface area (Å²) in [6.45, 7) is 4.32. The van der Waals surface area contributed by atoms with Gasteiger partial charge >= 0.3 is 0 Å². The summed E-state index contributed by atoms with van der Waals surface area (Å²) in [4.78, 5) is 0. The minimum Gasteiger partial charge on any atom is -0.492 e. The van der Waals surface area contributed by atoms with Crippen LogP contribution in [-0.2, 0) is 0 Å². The SMILES string of the molecule is C=CCCCOc1cc(Br)ccc1Cl. The van der Waals surface area contributed by atoms with E-state index in [1.165, 1.54) is 0 Å². The summed E-state index contributed by atoms with van der Waals surface area (Å²) in [5.74, 6) is 0.727. The molecule has 0 aliphatic rings. The van der Waals surface area contributed by atoms with Crippen molar-refractivity contribution in [2.24, 2.45) is 0 Å². The predicted octanol–water partition coefficient (Wildman–Crippen LogP) is 4.45. The molecule has 0 unspecified atom stereocenters. The van der Waals surface area contributed by atoms with Gasteiger partial charge in [0.05, 0.1) is 11.6 Å². The molecule has 0 saturated carbocycles. The van der Waals surface area contributed by atoms with E-state index in [1.54, 1.807) is 0 Å². The number of rotatable bonds is 5. The summed E-state index contributed by atoms with van der Waals surface area (Å²) in [5.41, 5.74) is 0. The molecule has 1 nitrogen and oxygen atoms in total. The molecule has 1 rings (SSSR count). The average molecular weight is 276 g/mol. The minimum atomic E-state index is 0.645. The zero-order valence-corrected chi connectivity index (χ0v) is 10.1. The first-order chi connectivity index (χ1) is 6.74. The van der Waals surface area contributed by atoms with Crippen molar-refractivity contribution in [1.29, 1.82) is 0 Å². The monoisotopic (exact) mass is 274 g/mol. The first-order valence-corrected chi connectivity index (χ1v) is 5.60. The van der Waals surface area contributed by atoms with Gasteiger partial charge in [-0.05, 0) is 31.0 Å². The highest BCUT2D eigenvalue weighted by Crippen LogP contribution is 2.27. The van der Waals surface area contributed by atoms with E-state index in [0.717, 1.165) is 23.1 Å².